The fourth-order valence-electron chi connectivity index (χ4n) is 1.54. The maximum absolute atomic E-state index is 11.1. The Hall–Kier alpha value is -0.820. The van der Waals surface area contributed by atoms with Crippen molar-refractivity contribution < 1.29 is 9.90 Å². The Morgan fingerprint density at radius 3 is 3.12 bits per heavy atom. The van der Waals surface area contributed by atoms with E-state index in [1.807, 2.05) is 11.8 Å². The molecule has 1 aromatic heterocycles. The molecule has 0 aliphatic carbocycles. The van der Waals surface area contributed by atoms with Gasteiger partial charge in [-0.15, -0.1) is 0 Å². The van der Waals surface area contributed by atoms with Crippen LogP contribution in [0, 0.1) is 0 Å². The van der Waals surface area contributed by atoms with E-state index in [0.29, 0.717) is 5.75 Å². The SMILES string of the molecule is CCc1nsc(N2CCSCC2C(=O)O)n1. The number of carboxylic acids is 1. The summed E-state index contributed by atoms with van der Waals surface area (Å²) in [5.41, 5.74) is 0. The van der Waals surface area contributed by atoms with E-state index in [1.165, 1.54) is 11.5 Å². The van der Waals surface area contributed by atoms with Crippen LogP contribution in [0.25, 0.3) is 0 Å². The van der Waals surface area contributed by atoms with Gasteiger partial charge in [0.25, 0.3) is 0 Å². The second kappa shape index (κ2) is 5.01. The predicted molar refractivity (Wildman–Crippen MR) is 65.4 cm³/mol. The van der Waals surface area contributed by atoms with Gasteiger partial charge in [-0.3, -0.25) is 0 Å². The van der Waals surface area contributed by atoms with Gasteiger partial charge < -0.3 is 10.0 Å². The molecule has 2 heterocycles. The molecule has 1 aromatic rings. The van der Waals surface area contributed by atoms with Crippen LogP contribution in [0.5, 0.6) is 0 Å². The highest BCUT2D eigenvalue weighted by Crippen LogP contribution is 2.25. The Balaban J connectivity index is 2.19. The lowest BCUT2D eigenvalue weighted by atomic mass is 10.3. The number of rotatable bonds is 3. The zero-order valence-electron chi connectivity index (χ0n) is 8.92. The minimum Gasteiger partial charge on any atom is -0.480 e. The monoisotopic (exact) mass is 259 g/mol. The van der Waals surface area contributed by atoms with Crippen molar-refractivity contribution in [3.05, 3.63) is 5.82 Å². The fraction of sp³-hybridized carbons (Fsp3) is 0.667. The lowest BCUT2D eigenvalue weighted by molar-refractivity contribution is -0.138. The van der Waals surface area contributed by atoms with Gasteiger partial charge in [0.1, 0.15) is 11.9 Å². The van der Waals surface area contributed by atoms with Crippen molar-refractivity contribution in [2.75, 3.05) is 23.0 Å². The number of aliphatic carboxylic acids is 1. The number of hydrogen-bond donors (Lipinski definition) is 1. The minimum atomic E-state index is -0.777. The summed E-state index contributed by atoms with van der Waals surface area (Å²) in [6, 6.07) is -0.462. The molecule has 0 aromatic carbocycles. The average molecular weight is 259 g/mol. The number of carbonyl (C=O) groups is 1. The quantitative estimate of drug-likeness (QED) is 0.877. The number of nitrogens with zero attached hydrogens (tertiary/aromatic N) is 3. The maximum atomic E-state index is 11.1. The van der Waals surface area contributed by atoms with Gasteiger partial charge in [0.15, 0.2) is 0 Å². The van der Waals surface area contributed by atoms with E-state index in [4.69, 9.17) is 5.11 Å². The van der Waals surface area contributed by atoms with Gasteiger partial charge in [0.2, 0.25) is 5.13 Å². The van der Waals surface area contributed by atoms with Crippen molar-refractivity contribution in [1.29, 1.82) is 0 Å². The van der Waals surface area contributed by atoms with E-state index in [2.05, 4.69) is 9.36 Å². The summed E-state index contributed by atoms with van der Waals surface area (Å²) in [4.78, 5) is 17.3. The number of thioether (sulfide) groups is 1. The molecule has 5 nitrogen and oxygen atoms in total. The largest absolute Gasteiger partial charge is 0.480 e. The van der Waals surface area contributed by atoms with E-state index in [-0.39, 0.29) is 0 Å². The molecule has 88 valence electrons. The first-order chi connectivity index (χ1) is 7.72. The summed E-state index contributed by atoms with van der Waals surface area (Å²) >= 11 is 2.97. The van der Waals surface area contributed by atoms with Crippen molar-refractivity contribution in [3.63, 3.8) is 0 Å². The first kappa shape index (κ1) is 11.7. The van der Waals surface area contributed by atoms with Gasteiger partial charge in [0, 0.05) is 36.0 Å². The van der Waals surface area contributed by atoms with E-state index in [9.17, 15) is 4.79 Å². The molecule has 0 spiro atoms. The molecule has 1 atom stereocenters. The summed E-state index contributed by atoms with van der Waals surface area (Å²) in [6.45, 7) is 2.73. The smallest absolute Gasteiger partial charge is 0.327 e. The number of aryl methyl sites for hydroxylation is 1. The second-order valence-corrected chi connectivity index (χ2v) is 5.35. The third kappa shape index (κ3) is 2.30. The molecule has 1 N–H and O–H groups in total. The van der Waals surface area contributed by atoms with Gasteiger partial charge >= 0.3 is 5.97 Å². The fourth-order valence-corrected chi connectivity index (χ4v) is 3.41. The number of anilines is 1. The average Bonchev–Trinajstić information content (AvgIpc) is 2.77. The third-order valence-electron chi connectivity index (χ3n) is 2.43. The Morgan fingerprint density at radius 1 is 1.69 bits per heavy atom. The number of hydrogen-bond acceptors (Lipinski definition) is 6. The molecule has 2 rings (SSSR count). The highest BCUT2D eigenvalue weighted by molar-refractivity contribution is 7.99. The Labute approximate surface area is 102 Å². The van der Waals surface area contributed by atoms with Crippen molar-refractivity contribution in [2.45, 2.75) is 19.4 Å². The molecule has 1 fully saturated rings. The second-order valence-electron chi connectivity index (χ2n) is 3.47. The van der Waals surface area contributed by atoms with E-state index < -0.39 is 12.0 Å². The Morgan fingerprint density at radius 2 is 2.50 bits per heavy atom. The lowest BCUT2D eigenvalue weighted by Gasteiger charge is -2.31. The Bertz CT molecular complexity index is 383. The molecule has 16 heavy (non-hydrogen) atoms. The van der Waals surface area contributed by atoms with Crippen LogP contribution in [0.2, 0.25) is 0 Å². The van der Waals surface area contributed by atoms with Gasteiger partial charge in [0.05, 0.1) is 0 Å². The summed E-state index contributed by atoms with van der Waals surface area (Å²) in [7, 11) is 0. The molecular formula is C9H13N3O2S2. The van der Waals surface area contributed by atoms with Crippen LogP contribution in [0.15, 0.2) is 0 Å². The first-order valence-electron chi connectivity index (χ1n) is 5.12. The molecule has 0 bridgehead atoms. The molecule has 0 saturated carbocycles. The number of carboxylic acid groups (broad SMARTS) is 1. The zero-order valence-corrected chi connectivity index (χ0v) is 10.6. The first-order valence-corrected chi connectivity index (χ1v) is 7.05. The summed E-state index contributed by atoms with van der Waals surface area (Å²) in [5, 5.41) is 9.88. The van der Waals surface area contributed by atoms with E-state index >= 15 is 0 Å². The van der Waals surface area contributed by atoms with Crippen LogP contribution in [0.3, 0.4) is 0 Å². The van der Waals surface area contributed by atoms with Crippen LogP contribution >= 0.6 is 23.3 Å². The van der Waals surface area contributed by atoms with Crippen LogP contribution in [-0.2, 0) is 11.2 Å². The van der Waals surface area contributed by atoms with E-state index in [1.54, 1.807) is 11.8 Å². The molecule has 0 radical (unpaired) electrons. The van der Waals surface area contributed by atoms with Crippen LogP contribution < -0.4 is 4.90 Å². The van der Waals surface area contributed by atoms with Crippen LogP contribution in [0.1, 0.15) is 12.7 Å². The molecule has 1 unspecified atom stereocenters. The zero-order chi connectivity index (χ0) is 11.5. The minimum absolute atomic E-state index is 0.462. The van der Waals surface area contributed by atoms with Gasteiger partial charge in [-0.1, -0.05) is 6.92 Å². The summed E-state index contributed by atoms with van der Waals surface area (Å²) in [5.74, 6) is 1.59. The maximum Gasteiger partial charge on any atom is 0.327 e. The van der Waals surface area contributed by atoms with Crippen molar-refractivity contribution in [2.24, 2.45) is 0 Å². The Kier molecular flexibility index (Phi) is 3.65. The molecular weight excluding hydrogens is 246 g/mol. The molecule has 7 heteroatoms. The lowest BCUT2D eigenvalue weighted by Crippen LogP contribution is -2.47. The normalized spacial score (nSPS) is 21.1. The van der Waals surface area contributed by atoms with Crippen LogP contribution in [0.4, 0.5) is 5.13 Å². The highest BCUT2D eigenvalue weighted by atomic mass is 32.2. The van der Waals surface area contributed by atoms with Crippen molar-refractivity contribution >= 4 is 34.4 Å². The molecule has 1 aliphatic heterocycles. The summed E-state index contributed by atoms with van der Waals surface area (Å²) in [6.07, 6.45) is 0.789. The van der Waals surface area contributed by atoms with Gasteiger partial charge in [-0.25, -0.2) is 9.78 Å². The highest BCUT2D eigenvalue weighted by Gasteiger charge is 2.30. The topological polar surface area (TPSA) is 66.3 Å². The molecule has 0 amide bonds. The third-order valence-corrected chi connectivity index (χ3v) is 4.25. The molecule has 1 saturated heterocycles. The standard InChI is InChI=1S/C9H13N3O2S2/c1-2-7-10-9(16-11-7)12-3-4-15-5-6(12)8(13)14/h6H,2-5H2,1H3,(H,13,14). The van der Waals surface area contributed by atoms with Gasteiger partial charge in [-0.05, 0) is 0 Å². The number of aromatic nitrogens is 2. The van der Waals surface area contributed by atoms with Crippen molar-refractivity contribution in [3.8, 4) is 0 Å². The summed E-state index contributed by atoms with van der Waals surface area (Å²) < 4.78 is 4.19. The van der Waals surface area contributed by atoms with E-state index in [0.717, 1.165) is 29.7 Å². The van der Waals surface area contributed by atoms with Crippen molar-refractivity contribution in [1.82, 2.24) is 9.36 Å². The predicted octanol–water partition coefficient (Wildman–Crippen LogP) is 1.11. The molecule has 1 aliphatic rings. The van der Waals surface area contributed by atoms with Crippen LogP contribution in [-0.4, -0.2) is 44.5 Å². The van der Waals surface area contributed by atoms with Gasteiger partial charge in [-0.2, -0.15) is 16.1 Å².